The highest BCUT2D eigenvalue weighted by molar-refractivity contribution is 5.48. The smallest absolute Gasteiger partial charge is 0.139 e. The van der Waals surface area contributed by atoms with Crippen LogP contribution in [0.4, 0.5) is 5.69 Å². The van der Waals surface area contributed by atoms with Gasteiger partial charge in [-0.1, -0.05) is 6.92 Å². The maximum absolute atomic E-state index is 6.02. The van der Waals surface area contributed by atoms with E-state index in [1.807, 2.05) is 12.3 Å². The van der Waals surface area contributed by atoms with Crippen molar-refractivity contribution in [1.29, 1.82) is 0 Å². The molecule has 0 bridgehead atoms. The number of ether oxygens (including phenoxy) is 2. The monoisotopic (exact) mass is 279 g/mol. The summed E-state index contributed by atoms with van der Waals surface area (Å²) >= 11 is 0. The van der Waals surface area contributed by atoms with Crippen LogP contribution in [0, 0.1) is 0 Å². The Kier molecular flexibility index (Phi) is 6.08. The topological polar surface area (TPSA) is 60.6 Å². The van der Waals surface area contributed by atoms with E-state index in [0.717, 1.165) is 50.4 Å². The Labute approximate surface area is 121 Å². The Morgan fingerprint density at radius 1 is 1.35 bits per heavy atom. The highest BCUT2D eigenvalue weighted by Crippen LogP contribution is 2.22. The van der Waals surface area contributed by atoms with E-state index in [1.54, 1.807) is 6.20 Å². The van der Waals surface area contributed by atoms with Gasteiger partial charge in [0.1, 0.15) is 12.4 Å². The fourth-order valence-electron chi connectivity index (χ4n) is 2.37. The van der Waals surface area contributed by atoms with Gasteiger partial charge >= 0.3 is 0 Å². The summed E-state index contributed by atoms with van der Waals surface area (Å²) in [5.74, 6) is 0.793. The van der Waals surface area contributed by atoms with Gasteiger partial charge in [0.25, 0.3) is 0 Å². The first-order chi connectivity index (χ1) is 9.79. The number of aromatic nitrogens is 1. The maximum Gasteiger partial charge on any atom is 0.139 e. The first-order valence-corrected chi connectivity index (χ1v) is 7.45. The quantitative estimate of drug-likeness (QED) is 0.771. The number of anilines is 1. The number of nitrogens with zero attached hydrogens (tertiary/aromatic N) is 2. The molecule has 1 atom stereocenters. The molecule has 0 radical (unpaired) electrons. The van der Waals surface area contributed by atoms with Gasteiger partial charge in [-0.25, -0.2) is 0 Å². The number of hydrogen-bond acceptors (Lipinski definition) is 5. The number of pyridine rings is 1. The molecule has 1 aromatic rings. The van der Waals surface area contributed by atoms with Crippen molar-refractivity contribution in [3.8, 4) is 5.75 Å². The average Bonchev–Trinajstić information content (AvgIpc) is 2.47. The molecule has 5 heteroatoms. The molecule has 0 saturated carbocycles. The second kappa shape index (κ2) is 8.07. The molecule has 112 valence electrons. The largest absolute Gasteiger partial charge is 0.489 e. The molecule has 2 N–H and O–H groups in total. The maximum atomic E-state index is 6.02. The normalized spacial score (nSPS) is 19.1. The van der Waals surface area contributed by atoms with E-state index in [1.165, 1.54) is 0 Å². The zero-order chi connectivity index (χ0) is 14.2. The number of nitrogens with two attached hydrogens (primary N) is 1. The van der Waals surface area contributed by atoms with Crippen molar-refractivity contribution in [2.45, 2.75) is 32.2 Å². The molecule has 0 aliphatic carbocycles. The summed E-state index contributed by atoms with van der Waals surface area (Å²) in [5.41, 5.74) is 7.11. The van der Waals surface area contributed by atoms with Crippen LogP contribution in [0.5, 0.6) is 5.75 Å². The second-order valence-electron chi connectivity index (χ2n) is 5.19. The van der Waals surface area contributed by atoms with Crippen LogP contribution in [0.3, 0.4) is 0 Å². The van der Waals surface area contributed by atoms with E-state index in [0.29, 0.717) is 13.2 Å². The van der Waals surface area contributed by atoms with E-state index in [9.17, 15) is 0 Å². The summed E-state index contributed by atoms with van der Waals surface area (Å²) in [5, 5.41) is 0. The summed E-state index contributed by atoms with van der Waals surface area (Å²) in [6.07, 6.45) is 6.89. The van der Waals surface area contributed by atoms with Crippen molar-refractivity contribution in [3.63, 3.8) is 0 Å². The molecule has 1 aliphatic rings. The van der Waals surface area contributed by atoms with Crippen molar-refractivity contribution < 1.29 is 9.47 Å². The first-order valence-electron chi connectivity index (χ1n) is 7.45. The lowest BCUT2D eigenvalue weighted by Gasteiger charge is -2.32. The Morgan fingerprint density at radius 3 is 3.05 bits per heavy atom. The molecule has 1 saturated heterocycles. The van der Waals surface area contributed by atoms with Gasteiger partial charge in [-0.3, -0.25) is 4.98 Å². The lowest BCUT2D eigenvalue weighted by atomic mass is 10.1. The van der Waals surface area contributed by atoms with E-state index in [4.69, 9.17) is 15.2 Å². The van der Waals surface area contributed by atoms with Crippen molar-refractivity contribution in [2.75, 3.05) is 37.8 Å². The summed E-state index contributed by atoms with van der Waals surface area (Å²) in [6.45, 7) is 5.99. The summed E-state index contributed by atoms with van der Waals surface area (Å²) < 4.78 is 11.1. The van der Waals surface area contributed by atoms with Crippen molar-refractivity contribution in [3.05, 3.63) is 18.5 Å². The zero-order valence-corrected chi connectivity index (χ0v) is 12.3. The predicted octanol–water partition coefficient (Wildman–Crippen LogP) is 1.81. The Hall–Kier alpha value is -1.33. The minimum atomic E-state index is 0.260. The molecule has 2 heterocycles. The molecule has 20 heavy (non-hydrogen) atoms. The molecule has 1 aromatic heterocycles. The van der Waals surface area contributed by atoms with Crippen LogP contribution in [0.2, 0.25) is 0 Å². The number of piperidine rings is 1. The Balaban J connectivity index is 1.84. The van der Waals surface area contributed by atoms with Gasteiger partial charge in [-0.05, 0) is 19.3 Å². The molecule has 1 aliphatic heterocycles. The highest BCUT2D eigenvalue weighted by Gasteiger charge is 2.17. The molecular weight excluding hydrogens is 254 g/mol. The summed E-state index contributed by atoms with van der Waals surface area (Å²) in [6, 6.07) is 2.29. The molecule has 2 rings (SSSR count). The average molecular weight is 279 g/mol. The van der Waals surface area contributed by atoms with Crippen LogP contribution in [0.1, 0.15) is 26.2 Å². The third-order valence-corrected chi connectivity index (χ3v) is 3.37. The van der Waals surface area contributed by atoms with Crippen molar-refractivity contribution >= 4 is 5.69 Å². The molecule has 1 fully saturated rings. The van der Waals surface area contributed by atoms with Crippen LogP contribution >= 0.6 is 0 Å². The van der Waals surface area contributed by atoms with Crippen LogP contribution in [-0.4, -0.2) is 43.9 Å². The zero-order valence-electron chi connectivity index (χ0n) is 12.3. The van der Waals surface area contributed by atoms with E-state index in [2.05, 4.69) is 16.8 Å². The minimum Gasteiger partial charge on any atom is -0.489 e. The predicted molar refractivity (Wildman–Crippen MR) is 80.3 cm³/mol. The Bertz CT molecular complexity index is 400. The molecule has 1 unspecified atom stereocenters. The lowest BCUT2D eigenvalue weighted by Crippen LogP contribution is -2.42. The third kappa shape index (κ3) is 4.65. The summed E-state index contributed by atoms with van der Waals surface area (Å²) in [4.78, 5) is 6.53. The van der Waals surface area contributed by atoms with E-state index in [-0.39, 0.29) is 6.04 Å². The second-order valence-corrected chi connectivity index (χ2v) is 5.19. The Morgan fingerprint density at radius 2 is 2.25 bits per heavy atom. The van der Waals surface area contributed by atoms with Crippen LogP contribution in [0.15, 0.2) is 18.5 Å². The first kappa shape index (κ1) is 15.1. The van der Waals surface area contributed by atoms with Gasteiger partial charge in [-0.15, -0.1) is 0 Å². The molecule has 0 aromatic carbocycles. The minimum absolute atomic E-state index is 0.260. The molecular formula is C15H25N3O2. The fourth-order valence-corrected chi connectivity index (χ4v) is 2.37. The third-order valence-electron chi connectivity index (χ3n) is 3.37. The van der Waals surface area contributed by atoms with Crippen molar-refractivity contribution in [2.24, 2.45) is 5.73 Å². The molecule has 0 spiro atoms. The summed E-state index contributed by atoms with van der Waals surface area (Å²) in [7, 11) is 0. The van der Waals surface area contributed by atoms with Crippen LogP contribution in [0.25, 0.3) is 0 Å². The van der Waals surface area contributed by atoms with Crippen LogP contribution in [-0.2, 0) is 4.74 Å². The van der Waals surface area contributed by atoms with Gasteiger partial charge in [0.2, 0.25) is 0 Å². The van der Waals surface area contributed by atoms with Gasteiger partial charge in [-0.2, -0.15) is 0 Å². The van der Waals surface area contributed by atoms with Gasteiger partial charge in [0.05, 0.1) is 24.7 Å². The molecule has 0 amide bonds. The van der Waals surface area contributed by atoms with Gasteiger partial charge < -0.3 is 20.1 Å². The van der Waals surface area contributed by atoms with E-state index >= 15 is 0 Å². The van der Waals surface area contributed by atoms with Crippen LogP contribution < -0.4 is 15.4 Å². The lowest BCUT2D eigenvalue weighted by molar-refractivity contribution is 0.100. The standard InChI is InChI=1S/C15H25N3O2/c1-2-6-19-7-8-20-15-9-14(10-17-11-15)18-5-3-4-13(16)12-18/h9-11,13H,2-8,12,16H2,1H3. The fraction of sp³-hybridized carbons (Fsp3) is 0.667. The number of rotatable bonds is 7. The van der Waals surface area contributed by atoms with E-state index < -0.39 is 0 Å². The molecule has 5 nitrogen and oxygen atoms in total. The SMILES string of the molecule is CCCOCCOc1cncc(N2CCCC(N)C2)c1. The van der Waals surface area contributed by atoms with Gasteiger partial charge in [0, 0.05) is 31.8 Å². The highest BCUT2D eigenvalue weighted by atomic mass is 16.5. The van der Waals surface area contributed by atoms with Gasteiger partial charge in [0.15, 0.2) is 0 Å². The van der Waals surface area contributed by atoms with Crippen molar-refractivity contribution in [1.82, 2.24) is 4.98 Å². The number of hydrogen-bond donors (Lipinski definition) is 1.